The zero-order valence-corrected chi connectivity index (χ0v) is 16.6. The summed E-state index contributed by atoms with van der Waals surface area (Å²) < 4.78 is 11.4. The smallest absolute Gasteiger partial charge is 0.118 e. The summed E-state index contributed by atoms with van der Waals surface area (Å²) in [5.41, 5.74) is 1.54. The highest BCUT2D eigenvalue weighted by Crippen LogP contribution is 2.45. The summed E-state index contributed by atoms with van der Waals surface area (Å²) in [5.74, 6) is 2.69. The van der Waals surface area contributed by atoms with Crippen LogP contribution in [-0.2, 0) is 17.8 Å². The second-order valence-corrected chi connectivity index (χ2v) is 8.29. The lowest BCUT2D eigenvalue weighted by atomic mass is 9.71. The minimum atomic E-state index is 0.375. The molecule has 0 amide bonds. The van der Waals surface area contributed by atoms with E-state index < -0.39 is 0 Å². The Morgan fingerprint density at radius 3 is 2.67 bits per heavy atom. The fourth-order valence-corrected chi connectivity index (χ4v) is 4.93. The van der Waals surface area contributed by atoms with Gasteiger partial charge in [-0.25, -0.2) is 0 Å². The highest BCUT2D eigenvalue weighted by molar-refractivity contribution is 5.08. The molecular weight excluding hydrogens is 338 g/mol. The molecule has 5 heteroatoms. The second kappa shape index (κ2) is 8.13. The maximum absolute atomic E-state index is 5.77. The van der Waals surface area contributed by atoms with E-state index in [0.717, 1.165) is 63.1 Å². The van der Waals surface area contributed by atoms with Gasteiger partial charge in [0.1, 0.15) is 11.5 Å². The number of aryl methyl sites for hydroxylation is 1. The zero-order valence-electron chi connectivity index (χ0n) is 16.6. The molecule has 0 aromatic carbocycles. The van der Waals surface area contributed by atoms with Crippen LogP contribution >= 0.6 is 0 Å². The molecule has 2 aromatic heterocycles. The Morgan fingerprint density at radius 1 is 1.15 bits per heavy atom. The van der Waals surface area contributed by atoms with Crippen molar-refractivity contribution in [2.45, 2.75) is 32.9 Å². The number of ether oxygens (including phenoxy) is 1. The van der Waals surface area contributed by atoms with Gasteiger partial charge in [0.25, 0.3) is 0 Å². The highest BCUT2D eigenvalue weighted by atomic mass is 16.5. The van der Waals surface area contributed by atoms with Crippen LogP contribution < -0.4 is 0 Å². The summed E-state index contributed by atoms with van der Waals surface area (Å²) >= 11 is 0. The molecule has 2 aromatic rings. The van der Waals surface area contributed by atoms with Gasteiger partial charge in [0.2, 0.25) is 0 Å². The van der Waals surface area contributed by atoms with Crippen molar-refractivity contribution in [3.05, 3.63) is 53.7 Å². The lowest BCUT2D eigenvalue weighted by Crippen LogP contribution is -2.44. The molecule has 0 bridgehead atoms. The van der Waals surface area contributed by atoms with Crippen LogP contribution in [0.5, 0.6) is 0 Å². The van der Waals surface area contributed by atoms with Gasteiger partial charge in [-0.2, -0.15) is 0 Å². The first-order chi connectivity index (χ1) is 13.2. The average Bonchev–Trinajstić information content (AvgIpc) is 3.22. The molecule has 2 saturated heterocycles. The van der Waals surface area contributed by atoms with Crippen molar-refractivity contribution in [3.8, 4) is 0 Å². The van der Waals surface area contributed by atoms with Crippen LogP contribution in [0.3, 0.4) is 0 Å². The van der Waals surface area contributed by atoms with Gasteiger partial charge in [-0.1, -0.05) is 6.07 Å². The topological polar surface area (TPSA) is 41.7 Å². The molecule has 2 fully saturated rings. The SMILES string of the molecule is COCC1CN(Cc2ccccn2)CC12CCN(Cc1ccc(C)o1)CC2. The number of furan rings is 1. The van der Waals surface area contributed by atoms with Gasteiger partial charge in [0.05, 0.1) is 18.8 Å². The molecule has 1 spiro atoms. The predicted molar refractivity (Wildman–Crippen MR) is 105 cm³/mol. The van der Waals surface area contributed by atoms with Crippen LogP contribution in [0, 0.1) is 18.3 Å². The van der Waals surface area contributed by atoms with E-state index in [1.54, 1.807) is 0 Å². The van der Waals surface area contributed by atoms with E-state index in [1.807, 2.05) is 26.3 Å². The summed E-state index contributed by atoms with van der Waals surface area (Å²) in [6.45, 7) is 9.28. The number of likely N-dealkylation sites (tertiary alicyclic amines) is 2. The van der Waals surface area contributed by atoms with Crippen molar-refractivity contribution in [3.63, 3.8) is 0 Å². The lowest BCUT2D eigenvalue weighted by Gasteiger charge is -2.42. The van der Waals surface area contributed by atoms with Gasteiger partial charge >= 0.3 is 0 Å². The van der Waals surface area contributed by atoms with Crippen LogP contribution in [0.2, 0.25) is 0 Å². The van der Waals surface area contributed by atoms with Crippen molar-refractivity contribution < 1.29 is 9.15 Å². The van der Waals surface area contributed by atoms with Gasteiger partial charge in [0.15, 0.2) is 0 Å². The van der Waals surface area contributed by atoms with Gasteiger partial charge in [-0.3, -0.25) is 14.8 Å². The van der Waals surface area contributed by atoms with Gasteiger partial charge < -0.3 is 9.15 Å². The Hall–Kier alpha value is -1.69. The second-order valence-electron chi connectivity index (χ2n) is 8.29. The number of hydrogen-bond acceptors (Lipinski definition) is 5. The van der Waals surface area contributed by atoms with Gasteiger partial charge in [-0.15, -0.1) is 0 Å². The van der Waals surface area contributed by atoms with Crippen molar-refractivity contribution in [1.82, 2.24) is 14.8 Å². The van der Waals surface area contributed by atoms with Crippen LogP contribution in [0.25, 0.3) is 0 Å². The Bertz CT molecular complexity index is 722. The first kappa shape index (κ1) is 18.7. The van der Waals surface area contributed by atoms with E-state index in [0.29, 0.717) is 11.3 Å². The maximum Gasteiger partial charge on any atom is 0.118 e. The molecule has 27 heavy (non-hydrogen) atoms. The van der Waals surface area contributed by atoms with Crippen molar-refractivity contribution >= 4 is 0 Å². The summed E-state index contributed by atoms with van der Waals surface area (Å²) in [6.07, 6.45) is 4.36. The van der Waals surface area contributed by atoms with Crippen molar-refractivity contribution in [1.29, 1.82) is 0 Å². The molecule has 2 aliphatic heterocycles. The van der Waals surface area contributed by atoms with E-state index >= 15 is 0 Å². The van der Waals surface area contributed by atoms with E-state index in [-0.39, 0.29) is 0 Å². The minimum Gasteiger partial charge on any atom is -0.465 e. The largest absolute Gasteiger partial charge is 0.465 e. The van der Waals surface area contributed by atoms with E-state index in [4.69, 9.17) is 9.15 Å². The molecule has 0 radical (unpaired) electrons. The predicted octanol–water partition coefficient (Wildman–Crippen LogP) is 3.34. The third kappa shape index (κ3) is 4.26. The highest BCUT2D eigenvalue weighted by Gasteiger charge is 2.47. The number of rotatable bonds is 6. The number of nitrogens with zero attached hydrogens (tertiary/aromatic N) is 3. The minimum absolute atomic E-state index is 0.375. The van der Waals surface area contributed by atoms with Crippen LogP contribution in [-0.4, -0.2) is 54.7 Å². The summed E-state index contributed by atoms with van der Waals surface area (Å²) in [6, 6.07) is 10.4. The first-order valence-corrected chi connectivity index (χ1v) is 10.1. The van der Waals surface area contributed by atoms with Crippen molar-refractivity contribution in [2.24, 2.45) is 11.3 Å². The third-order valence-corrected chi connectivity index (χ3v) is 6.39. The molecule has 146 valence electrons. The van der Waals surface area contributed by atoms with Gasteiger partial charge in [0, 0.05) is 38.9 Å². The number of pyridine rings is 1. The molecule has 4 heterocycles. The van der Waals surface area contributed by atoms with E-state index in [1.165, 1.54) is 12.8 Å². The maximum atomic E-state index is 5.77. The van der Waals surface area contributed by atoms with E-state index in [2.05, 4.69) is 39.0 Å². The molecule has 0 aliphatic carbocycles. The molecule has 4 rings (SSSR count). The summed E-state index contributed by atoms with van der Waals surface area (Å²) in [4.78, 5) is 9.63. The fraction of sp³-hybridized carbons (Fsp3) is 0.591. The van der Waals surface area contributed by atoms with Crippen molar-refractivity contribution in [2.75, 3.05) is 39.9 Å². The Labute approximate surface area is 162 Å². The lowest BCUT2D eigenvalue weighted by molar-refractivity contribution is 0.0330. The van der Waals surface area contributed by atoms with Crippen LogP contribution in [0.15, 0.2) is 40.9 Å². The molecule has 0 N–H and O–H groups in total. The number of methoxy groups -OCH3 is 1. The molecule has 0 saturated carbocycles. The Kier molecular flexibility index (Phi) is 5.62. The Balaban J connectivity index is 1.38. The van der Waals surface area contributed by atoms with Crippen LogP contribution in [0.1, 0.15) is 30.1 Å². The fourth-order valence-electron chi connectivity index (χ4n) is 4.93. The molecule has 1 atom stereocenters. The van der Waals surface area contributed by atoms with E-state index in [9.17, 15) is 0 Å². The summed E-state index contributed by atoms with van der Waals surface area (Å²) in [5, 5.41) is 0. The monoisotopic (exact) mass is 369 g/mol. The Morgan fingerprint density at radius 2 is 2.00 bits per heavy atom. The molecule has 2 aliphatic rings. The summed E-state index contributed by atoms with van der Waals surface area (Å²) in [7, 11) is 1.84. The molecule has 1 unspecified atom stereocenters. The quantitative estimate of drug-likeness (QED) is 0.781. The number of piperidine rings is 1. The molecular formula is C22H31N3O2. The van der Waals surface area contributed by atoms with Crippen LogP contribution in [0.4, 0.5) is 0 Å². The zero-order chi connectivity index (χ0) is 18.7. The first-order valence-electron chi connectivity index (χ1n) is 10.1. The third-order valence-electron chi connectivity index (χ3n) is 6.39. The number of hydrogen-bond donors (Lipinski definition) is 0. The normalized spacial score (nSPS) is 23.3. The van der Waals surface area contributed by atoms with Gasteiger partial charge in [-0.05, 0) is 62.5 Å². The average molecular weight is 370 g/mol. The number of aromatic nitrogens is 1. The standard InChI is InChI=1S/C22H31N3O2/c1-18-6-7-21(27-18)15-24-11-8-22(9-12-24)17-25(13-19(22)16-26-2)14-20-5-3-4-10-23-20/h3-7,10,19H,8-9,11-17H2,1-2H3. The molecule has 5 nitrogen and oxygen atoms in total.